The molecule has 0 aliphatic carbocycles. The van der Waals surface area contributed by atoms with E-state index in [2.05, 4.69) is 9.36 Å². The first-order valence-electron chi connectivity index (χ1n) is 9.32. The lowest BCUT2D eigenvalue weighted by Gasteiger charge is -2.26. The molecule has 7 nitrogen and oxygen atoms in total. The number of methoxy groups -OCH3 is 1. The van der Waals surface area contributed by atoms with E-state index in [1.807, 2.05) is 24.3 Å². The van der Waals surface area contributed by atoms with Crippen LogP contribution in [-0.4, -0.2) is 53.6 Å². The van der Waals surface area contributed by atoms with Gasteiger partial charge in [0, 0.05) is 36.6 Å². The van der Waals surface area contributed by atoms with Crippen molar-refractivity contribution in [3.8, 4) is 16.7 Å². The van der Waals surface area contributed by atoms with Gasteiger partial charge >= 0.3 is 0 Å². The van der Waals surface area contributed by atoms with Gasteiger partial charge in [0.2, 0.25) is 0 Å². The van der Waals surface area contributed by atoms with Crippen molar-refractivity contribution >= 4 is 17.4 Å². The maximum Gasteiger partial charge on any atom is 0.298 e. The van der Waals surface area contributed by atoms with Crippen LogP contribution in [0.2, 0.25) is 0 Å². The lowest BCUT2D eigenvalue weighted by atomic mass is 10.1. The van der Waals surface area contributed by atoms with E-state index in [0.29, 0.717) is 55.1 Å². The normalized spacial score (nSPS) is 13.9. The summed E-state index contributed by atoms with van der Waals surface area (Å²) >= 11 is 1.19. The van der Waals surface area contributed by atoms with Crippen LogP contribution in [0, 0.1) is 0 Å². The van der Waals surface area contributed by atoms with E-state index in [9.17, 15) is 4.79 Å². The summed E-state index contributed by atoms with van der Waals surface area (Å²) in [6.45, 7) is 2.35. The van der Waals surface area contributed by atoms with E-state index in [1.165, 1.54) is 11.5 Å². The molecule has 1 amide bonds. The standard InChI is InChI=1S/C21H21N3O4S/c1-26-17-6-2-4-15(12-17)13-19-22-21(29-23-19)28-18-7-3-5-16(14-18)20(25)24-8-10-27-11-9-24/h2-7,12,14H,8-11,13H2,1H3. The molecule has 1 aliphatic rings. The predicted molar refractivity (Wildman–Crippen MR) is 109 cm³/mol. The van der Waals surface area contributed by atoms with Crippen LogP contribution < -0.4 is 9.47 Å². The molecule has 1 aliphatic heterocycles. The van der Waals surface area contributed by atoms with Gasteiger partial charge in [-0.3, -0.25) is 4.79 Å². The Hall–Kier alpha value is -2.97. The van der Waals surface area contributed by atoms with Crippen molar-refractivity contribution in [2.24, 2.45) is 0 Å². The van der Waals surface area contributed by atoms with Gasteiger partial charge < -0.3 is 19.1 Å². The van der Waals surface area contributed by atoms with Gasteiger partial charge in [-0.15, -0.1) is 0 Å². The van der Waals surface area contributed by atoms with Gasteiger partial charge in [-0.25, -0.2) is 0 Å². The Balaban J connectivity index is 1.42. The molecule has 2 heterocycles. The summed E-state index contributed by atoms with van der Waals surface area (Å²) < 4.78 is 20.8. The molecule has 29 heavy (non-hydrogen) atoms. The van der Waals surface area contributed by atoms with Gasteiger partial charge in [0.05, 0.1) is 20.3 Å². The third-order valence-electron chi connectivity index (χ3n) is 4.53. The molecule has 1 aromatic heterocycles. The molecule has 2 aromatic carbocycles. The smallest absolute Gasteiger partial charge is 0.298 e. The Bertz CT molecular complexity index is 985. The van der Waals surface area contributed by atoms with Crippen molar-refractivity contribution < 1.29 is 19.0 Å². The van der Waals surface area contributed by atoms with Gasteiger partial charge in [-0.1, -0.05) is 18.2 Å². The second kappa shape index (κ2) is 9.02. The summed E-state index contributed by atoms with van der Waals surface area (Å²) in [5, 5.41) is 0.443. The largest absolute Gasteiger partial charge is 0.497 e. The highest BCUT2D eigenvalue weighted by atomic mass is 32.1. The van der Waals surface area contributed by atoms with Crippen LogP contribution in [-0.2, 0) is 11.2 Å². The maximum atomic E-state index is 12.6. The molecule has 4 rings (SSSR count). The SMILES string of the molecule is COc1cccc(Cc2nsc(Oc3cccc(C(=O)N4CCOCC4)c3)n2)c1. The fourth-order valence-electron chi connectivity index (χ4n) is 3.06. The number of carbonyl (C=O) groups excluding carboxylic acids is 1. The molecule has 1 saturated heterocycles. The molecule has 0 unspecified atom stereocenters. The van der Waals surface area contributed by atoms with Crippen molar-refractivity contribution in [2.75, 3.05) is 33.4 Å². The van der Waals surface area contributed by atoms with Gasteiger partial charge in [0.1, 0.15) is 11.5 Å². The zero-order valence-corrected chi connectivity index (χ0v) is 16.9. The van der Waals surface area contributed by atoms with Crippen LogP contribution in [0.3, 0.4) is 0 Å². The summed E-state index contributed by atoms with van der Waals surface area (Å²) in [6, 6.07) is 14.9. The van der Waals surface area contributed by atoms with Gasteiger partial charge in [-0.2, -0.15) is 9.36 Å². The number of aromatic nitrogens is 2. The third-order valence-corrected chi connectivity index (χ3v) is 5.16. The molecule has 0 saturated carbocycles. The number of hydrogen-bond acceptors (Lipinski definition) is 7. The van der Waals surface area contributed by atoms with Crippen molar-refractivity contribution in [2.45, 2.75) is 6.42 Å². The number of rotatable bonds is 6. The Morgan fingerprint density at radius 1 is 1.14 bits per heavy atom. The van der Waals surface area contributed by atoms with Gasteiger partial charge in [0.25, 0.3) is 11.1 Å². The summed E-state index contributed by atoms with van der Waals surface area (Å²) in [4.78, 5) is 18.9. The molecular formula is C21H21N3O4S. The average Bonchev–Trinajstić information content (AvgIpc) is 3.20. The number of amides is 1. The number of ether oxygens (including phenoxy) is 3. The maximum absolute atomic E-state index is 12.6. The van der Waals surface area contributed by atoms with E-state index in [-0.39, 0.29) is 5.91 Å². The summed E-state index contributed by atoms with van der Waals surface area (Å²) in [5.74, 6) is 2.03. The molecule has 0 N–H and O–H groups in total. The van der Waals surface area contributed by atoms with Crippen LogP contribution in [0.25, 0.3) is 0 Å². The number of benzene rings is 2. The Kier molecular flexibility index (Phi) is 6.02. The van der Waals surface area contributed by atoms with E-state index in [1.54, 1.807) is 36.3 Å². The molecule has 3 aromatic rings. The molecule has 0 bridgehead atoms. The van der Waals surface area contributed by atoms with Crippen molar-refractivity contribution in [3.05, 3.63) is 65.5 Å². The topological polar surface area (TPSA) is 73.8 Å². The van der Waals surface area contributed by atoms with E-state index < -0.39 is 0 Å². The highest BCUT2D eigenvalue weighted by molar-refractivity contribution is 7.07. The van der Waals surface area contributed by atoms with E-state index in [0.717, 1.165) is 11.3 Å². The zero-order valence-electron chi connectivity index (χ0n) is 16.0. The number of carbonyl (C=O) groups is 1. The van der Waals surface area contributed by atoms with Gasteiger partial charge in [-0.05, 0) is 35.9 Å². The summed E-state index contributed by atoms with van der Waals surface area (Å²) in [7, 11) is 1.64. The van der Waals surface area contributed by atoms with Crippen LogP contribution in [0.15, 0.2) is 48.5 Å². The highest BCUT2D eigenvalue weighted by Gasteiger charge is 2.19. The second-order valence-electron chi connectivity index (χ2n) is 6.54. The third kappa shape index (κ3) is 4.90. The fourth-order valence-corrected chi connectivity index (χ4v) is 3.63. The highest BCUT2D eigenvalue weighted by Crippen LogP contribution is 2.25. The first-order chi connectivity index (χ1) is 14.2. The van der Waals surface area contributed by atoms with Crippen molar-refractivity contribution in [3.63, 3.8) is 0 Å². The summed E-state index contributed by atoms with van der Waals surface area (Å²) in [5.41, 5.74) is 1.65. The first kappa shape index (κ1) is 19.4. The molecule has 8 heteroatoms. The Morgan fingerprint density at radius 2 is 1.93 bits per heavy atom. The Labute approximate surface area is 173 Å². The fraction of sp³-hybridized carbons (Fsp3) is 0.286. The van der Waals surface area contributed by atoms with Gasteiger partial charge in [0.15, 0.2) is 5.82 Å². The average molecular weight is 411 g/mol. The molecular weight excluding hydrogens is 390 g/mol. The first-order valence-corrected chi connectivity index (χ1v) is 10.1. The lowest BCUT2D eigenvalue weighted by Crippen LogP contribution is -2.40. The molecule has 0 radical (unpaired) electrons. The number of hydrogen-bond donors (Lipinski definition) is 0. The predicted octanol–water partition coefficient (Wildman–Crippen LogP) is 3.40. The molecule has 1 fully saturated rings. The quantitative estimate of drug-likeness (QED) is 0.619. The van der Waals surface area contributed by atoms with Crippen LogP contribution in [0.1, 0.15) is 21.7 Å². The van der Waals surface area contributed by atoms with E-state index >= 15 is 0 Å². The Morgan fingerprint density at radius 3 is 2.76 bits per heavy atom. The second-order valence-corrected chi connectivity index (χ2v) is 7.25. The summed E-state index contributed by atoms with van der Waals surface area (Å²) in [6.07, 6.45) is 0.590. The van der Waals surface area contributed by atoms with Crippen molar-refractivity contribution in [1.82, 2.24) is 14.3 Å². The van der Waals surface area contributed by atoms with Crippen molar-refractivity contribution in [1.29, 1.82) is 0 Å². The minimum atomic E-state index is -0.0188. The van der Waals surface area contributed by atoms with Crippen LogP contribution >= 0.6 is 11.5 Å². The molecule has 150 valence electrons. The minimum Gasteiger partial charge on any atom is -0.497 e. The monoisotopic (exact) mass is 411 g/mol. The number of morpholine rings is 1. The van der Waals surface area contributed by atoms with Crippen LogP contribution in [0.5, 0.6) is 16.7 Å². The minimum absolute atomic E-state index is 0.0188. The van der Waals surface area contributed by atoms with E-state index in [4.69, 9.17) is 14.2 Å². The molecule has 0 spiro atoms. The molecule has 0 atom stereocenters. The van der Waals surface area contributed by atoms with Crippen LogP contribution in [0.4, 0.5) is 0 Å². The lowest BCUT2D eigenvalue weighted by molar-refractivity contribution is 0.0302. The number of nitrogens with zero attached hydrogens (tertiary/aromatic N) is 3. The zero-order chi connectivity index (χ0) is 20.1.